The molecule has 4 aliphatic carbocycles. The van der Waals surface area contributed by atoms with Gasteiger partial charge in [0.25, 0.3) is 0 Å². The third-order valence-electron chi connectivity index (χ3n) is 5.40. The number of aliphatic hydroxyl groups excluding tert-OH is 1. The molecule has 0 fully saturated rings. The van der Waals surface area contributed by atoms with E-state index in [9.17, 15) is 10.2 Å². The first-order chi connectivity index (χ1) is 9.46. The topological polar surface area (TPSA) is 40.1 Å². The summed E-state index contributed by atoms with van der Waals surface area (Å²) in [5, 5.41) is 21.8. The van der Waals surface area contributed by atoms with Crippen LogP contribution in [0.5, 0.6) is 0 Å². The smallest absolute Gasteiger partial charge is 0.179 e. The Kier molecular flexibility index (Phi) is 1.89. The van der Waals surface area contributed by atoms with E-state index in [2.05, 4.69) is 13.8 Å². The molecule has 99 valence electrons. The number of allylic oxidation sites excluding steroid dienone is 12. The molecule has 1 N–H and O–H groups in total. The summed E-state index contributed by atoms with van der Waals surface area (Å²) in [7, 11) is 0. The highest BCUT2D eigenvalue weighted by molar-refractivity contribution is 5.67. The van der Waals surface area contributed by atoms with E-state index in [1.54, 1.807) is 12.2 Å². The van der Waals surface area contributed by atoms with Crippen LogP contribution in [0.4, 0.5) is 0 Å². The summed E-state index contributed by atoms with van der Waals surface area (Å²) < 4.78 is 0. The van der Waals surface area contributed by atoms with E-state index < -0.39 is 0 Å². The summed E-state index contributed by atoms with van der Waals surface area (Å²) >= 11 is 0. The first-order valence-electron chi connectivity index (χ1n) is 6.81. The van der Waals surface area contributed by atoms with Gasteiger partial charge in [-0.15, -0.1) is 0 Å². The maximum atomic E-state index is 11.9. The molecule has 2 atom stereocenters. The molecule has 2 nitrogen and oxygen atoms in total. The van der Waals surface area contributed by atoms with E-state index in [4.69, 9.17) is 0 Å². The quantitative estimate of drug-likeness (QED) is 0.703. The Morgan fingerprint density at radius 2 is 1.35 bits per heavy atom. The van der Waals surface area contributed by atoms with Crippen molar-refractivity contribution in [1.29, 1.82) is 0 Å². The molecule has 0 amide bonds. The highest BCUT2D eigenvalue weighted by atomic mass is 16.3. The van der Waals surface area contributed by atoms with E-state index in [1.807, 2.05) is 36.5 Å². The molecule has 0 aromatic heterocycles. The summed E-state index contributed by atoms with van der Waals surface area (Å²) in [6.45, 7) is 4.38. The molecular weight excluding hydrogens is 248 g/mol. The van der Waals surface area contributed by atoms with Crippen LogP contribution in [0.15, 0.2) is 82.4 Å². The molecule has 20 heavy (non-hydrogen) atoms. The fourth-order valence-corrected chi connectivity index (χ4v) is 3.99. The van der Waals surface area contributed by atoms with Crippen LogP contribution in [0.2, 0.25) is 0 Å². The Labute approximate surface area is 118 Å². The molecule has 0 saturated heterocycles. The maximum absolute atomic E-state index is 11.9. The van der Waals surface area contributed by atoms with Crippen molar-refractivity contribution in [3.05, 3.63) is 82.4 Å². The molecule has 0 aromatic carbocycles. The minimum Gasteiger partial charge on any atom is -0.508 e. The van der Waals surface area contributed by atoms with Crippen molar-refractivity contribution in [2.75, 3.05) is 0 Å². The van der Waals surface area contributed by atoms with Gasteiger partial charge in [-0.2, -0.15) is 0 Å². The Morgan fingerprint density at radius 1 is 0.800 bits per heavy atom. The normalized spacial score (nSPS) is 36.9. The van der Waals surface area contributed by atoms with E-state index >= 15 is 0 Å². The number of rotatable bonds is 0. The molecule has 0 bridgehead atoms. The van der Waals surface area contributed by atoms with E-state index in [-0.39, 0.29) is 22.3 Å². The lowest BCUT2D eigenvalue weighted by molar-refractivity contribution is 0.234. The highest BCUT2D eigenvalue weighted by Crippen LogP contribution is 2.65. The van der Waals surface area contributed by atoms with Crippen LogP contribution in [0, 0.1) is 10.8 Å². The Bertz CT molecular complexity index is 688. The summed E-state index contributed by atoms with van der Waals surface area (Å²) in [6, 6.07) is 0. The second kappa shape index (κ2) is 3.26. The largest absolute Gasteiger partial charge is 0.508 e. The van der Waals surface area contributed by atoms with E-state index in [1.165, 1.54) is 0 Å². The fourth-order valence-electron chi connectivity index (χ4n) is 3.99. The van der Waals surface area contributed by atoms with Crippen LogP contribution in [0.25, 0.3) is 0 Å². The number of hydrogen-bond donors (Lipinski definition) is 1. The van der Waals surface area contributed by atoms with Gasteiger partial charge >= 0.3 is 0 Å². The van der Waals surface area contributed by atoms with Gasteiger partial charge in [-0.1, -0.05) is 38.2 Å². The van der Waals surface area contributed by atoms with Crippen LogP contribution in [0.1, 0.15) is 13.8 Å². The van der Waals surface area contributed by atoms with Crippen molar-refractivity contribution in [1.82, 2.24) is 0 Å². The van der Waals surface area contributed by atoms with Gasteiger partial charge in [0.2, 0.25) is 0 Å². The zero-order chi connectivity index (χ0) is 14.1. The summed E-state index contributed by atoms with van der Waals surface area (Å²) in [5.41, 5.74) is 3.81. The molecule has 2 unspecified atom stereocenters. The standard InChI is InChI=1S/C18H15O2/c1-17-11-3-5-13-9-16(20)10-14(18(13,17)2)6-4-12(17)8-15(19)7-11/h3-10,19H,1-2H3. The van der Waals surface area contributed by atoms with Gasteiger partial charge in [0, 0.05) is 10.8 Å². The number of hydrogen-bond acceptors (Lipinski definition) is 1. The van der Waals surface area contributed by atoms with Gasteiger partial charge in [-0.25, -0.2) is 0 Å². The van der Waals surface area contributed by atoms with Crippen molar-refractivity contribution >= 4 is 0 Å². The summed E-state index contributed by atoms with van der Waals surface area (Å²) in [5.74, 6) is 0.340. The Hall–Kier alpha value is -2.22. The molecule has 4 aliphatic rings. The Balaban J connectivity index is 2.13. The second-order valence-corrected chi connectivity index (χ2v) is 6.14. The van der Waals surface area contributed by atoms with Crippen LogP contribution in [-0.4, -0.2) is 5.11 Å². The first kappa shape index (κ1) is 11.6. The van der Waals surface area contributed by atoms with Crippen LogP contribution in [0.3, 0.4) is 0 Å². The minimum atomic E-state index is -0.247. The molecule has 0 saturated carbocycles. The molecular formula is C18H15O2. The van der Waals surface area contributed by atoms with Crippen molar-refractivity contribution in [2.45, 2.75) is 13.8 Å². The second-order valence-electron chi connectivity index (χ2n) is 6.14. The van der Waals surface area contributed by atoms with Crippen molar-refractivity contribution in [2.24, 2.45) is 10.8 Å². The third-order valence-corrected chi connectivity index (χ3v) is 5.40. The lowest BCUT2D eigenvalue weighted by Crippen LogP contribution is -2.47. The fraction of sp³-hybridized carbons (Fsp3) is 0.222. The molecule has 0 spiro atoms. The van der Waals surface area contributed by atoms with Crippen LogP contribution >= 0.6 is 0 Å². The first-order valence-corrected chi connectivity index (χ1v) is 6.81. The van der Waals surface area contributed by atoms with Gasteiger partial charge in [-0.3, -0.25) is 5.11 Å². The lowest BCUT2D eigenvalue weighted by Gasteiger charge is -2.55. The molecule has 2 heteroatoms. The van der Waals surface area contributed by atoms with Crippen molar-refractivity contribution < 1.29 is 10.2 Å². The minimum absolute atomic E-state index is 0.0513. The molecule has 1 radical (unpaired) electrons. The molecule has 0 aromatic rings. The van der Waals surface area contributed by atoms with E-state index in [0.717, 1.165) is 22.3 Å². The van der Waals surface area contributed by atoms with Crippen LogP contribution in [-0.2, 0) is 5.11 Å². The summed E-state index contributed by atoms with van der Waals surface area (Å²) in [4.78, 5) is 0. The van der Waals surface area contributed by atoms with E-state index in [0.29, 0.717) is 0 Å². The van der Waals surface area contributed by atoms with Gasteiger partial charge < -0.3 is 5.11 Å². The zero-order valence-corrected chi connectivity index (χ0v) is 11.5. The Morgan fingerprint density at radius 3 is 2.00 bits per heavy atom. The molecule has 0 heterocycles. The predicted octanol–water partition coefficient (Wildman–Crippen LogP) is 4.07. The highest BCUT2D eigenvalue weighted by Gasteiger charge is 2.56. The predicted molar refractivity (Wildman–Crippen MR) is 77.2 cm³/mol. The maximum Gasteiger partial charge on any atom is 0.179 e. The summed E-state index contributed by atoms with van der Waals surface area (Å²) in [6.07, 6.45) is 15.2. The number of aliphatic hydroxyl groups is 1. The average molecular weight is 263 g/mol. The molecule has 4 rings (SSSR count). The van der Waals surface area contributed by atoms with Gasteiger partial charge in [0.05, 0.1) is 0 Å². The third kappa shape index (κ3) is 1.07. The monoisotopic (exact) mass is 263 g/mol. The van der Waals surface area contributed by atoms with Gasteiger partial charge in [0.15, 0.2) is 5.76 Å². The van der Waals surface area contributed by atoms with Gasteiger partial charge in [0.1, 0.15) is 5.76 Å². The van der Waals surface area contributed by atoms with Gasteiger partial charge in [-0.05, 0) is 46.6 Å². The molecule has 0 aliphatic heterocycles. The van der Waals surface area contributed by atoms with Crippen molar-refractivity contribution in [3.8, 4) is 0 Å². The SMILES string of the molecule is CC12C3=CC=C4C=C(O)C=C(C=CC1=CC([O])=C3)C42C. The zero-order valence-electron chi connectivity index (χ0n) is 11.5. The van der Waals surface area contributed by atoms with Crippen molar-refractivity contribution in [3.63, 3.8) is 0 Å². The average Bonchev–Trinajstić information content (AvgIpc) is 2.38. The lowest BCUT2D eigenvalue weighted by atomic mass is 9.47. The van der Waals surface area contributed by atoms with Crippen LogP contribution < -0.4 is 0 Å².